The van der Waals surface area contributed by atoms with Crippen LogP contribution < -0.4 is 0 Å². The minimum absolute atomic E-state index is 0.0993. The SMILES string of the molecule is Cc1cc2c(cc1F)Sc1ccccc1CC2N1CCN(C)CC1. The fourth-order valence-electron chi connectivity index (χ4n) is 3.70. The number of likely N-dealkylation sites (N-methyl/N-ethyl adjacent to an activating group) is 1. The van der Waals surface area contributed by atoms with Crippen LogP contribution >= 0.6 is 11.8 Å². The van der Waals surface area contributed by atoms with Crippen molar-refractivity contribution in [2.24, 2.45) is 0 Å². The molecule has 1 atom stereocenters. The molecular weight excluding hydrogens is 319 g/mol. The van der Waals surface area contributed by atoms with E-state index in [-0.39, 0.29) is 5.82 Å². The highest BCUT2D eigenvalue weighted by molar-refractivity contribution is 7.99. The quantitative estimate of drug-likeness (QED) is 0.769. The highest BCUT2D eigenvalue weighted by Crippen LogP contribution is 2.43. The fourth-order valence-corrected chi connectivity index (χ4v) is 4.84. The summed E-state index contributed by atoms with van der Waals surface area (Å²) in [5.74, 6) is -0.0993. The first kappa shape index (κ1) is 16.1. The molecule has 1 unspecified atom stereocenters. The monoisotopic (exact) mass is 342 g/mol. The Balaban J connectivity index is 1.79. The van der Waals surface area contributed by atoms with Crippen LogP contribution in [0.2, 0.25) is 0 Å². The van der Waals surface area contributed by atoms with Crippen LogP contribution in [-0.2, 0) is 6.42 Å². The van der Waals surface area contributed by atoms with Gasteiger partial charge in [0.1, 0.15) is 5.82 Å². The van der Waals surface area contributed by atoms with Crippen molar-refractivity contribution in [3.05, 3.63) is 58.9 Å². The maximum absolute atomic E-state index is 14.2. The van der Waals surface area contributed by atoms with Crippen LogP contribution in [0.4, 0.5) is 4.39 Å². The van der Waals surface area contributed by atoms with Crippen molar-refractivity contribution < 1.29 is 4.39 Å². The molecule has 0 saturated carbocycles. The van der Waals surface area contributed by atoms with Crippen molar-refractivity contribution in [2.45, 2.75) is 29.2 Å². The molecule has 1 saturated heterocycles. The second-order valence-corrected chi connectivity index (χ2v) is 7.99. The van der Waals surface area contributed by atoms with Crippen molar-refractivity contribution in [3.63, 3.8) is 0 Å². The molecule has 2 heterocycles. The second-order valence-electron chi connectivity index (χ2n) is 6.91. The van der Waals surface area contributed by atoms with Gasteiger partial charge in [-0.2, -0.15) is 0 Å². The molecule has 126 valence electrons. The van der Waals surface area contributed by atoms with E-state index in [0.29, 0.717) is 6.04 Å². The summed E-state index contributed by atoms with van der Waals surface area (Å²) in [6.07, 6.45) is 1.00. The predicted molar refractivity (Wildman–Crippen MR) is 97.2 cm³/mol. The van der Waals surface area contributed by atoms with Crippen molar-refractivity contribution in [3.8, 4) is 0 Å². The molecule has 0 bridgehead atoms. The largest absolute Gasteiger partial charge is 0.304 e. The summed E-state index contributed by atoms with van der Waals surface area (Å²) in [4.78, 5) is 7.30. The fraction of sp³-hybridized carbons (Fsp3) is 0.400. The molecule has 0 aliphatic carbocycles. The molecule has 0 N–H and O–H groups in total. The van der Waals surface area contributed by atoms with Crippen LogP contribution in [0.1, 0.15) is 22.7 Å². The van der Waals surface area contributed by atoms with Crippen molar-refractivity contribution >= 4 is 11.8 Å². The summed E-state index contributed by atoms with van der Waals surface area (Å²) < 4.78 is 14.2. The maximum atomic E-state index is 14.2. The number of hydrogen-bond acceptors (Lipinski definition) is 3. The minimum atomic E-state index is -0.0993. The number of rotatable bonds is 1. The van der Waals surface area contributed by atoms with Gasteiger partial charge in [0.25, 0.3) is 0 Å². The van der Waals surface area contributed by atoms with Gasteiger partial charge >= 0.3 is 0 Å². The molecule has 2 aliphatic rings. The summed E-state index contributed by atoms with van der Waals surface area (Å²) in [5.41, 5.74) is 3.42. The first-order chi connectivity index (χ1) is 11.6. The number of nitrogens with zero attached hydrogens (tertiary/aromatic N) is 2. The molecule has 2 aliphatic heterocycles. The van der Waals surface area contributed by atoms with E-state index >= 15 is 0 Å². The molecule has 24 heavy (non-hydrogen) atoms. The third-order valence-electron chi connectivity index (χ3n) is 5.23. The molecule has 2 aromatic rings. The van der Waals surface area contributed by atoms with Gasteiger partial charge in [0.2, 0.25) is 0 Å². The molecule has 0 spiro atoms. The van der Waals surface area contributed by atoms with E-state index in [1.807, 2.05) is 6.92 Å². The van der Waals surface area contributed by atoms with Gasteiger partial charge in [-0.25, -0.2) is 4.39 Å². The Morgan fingerprint density at radius 1 is 1.04 bits per heavy atom. The lowest BCUT2D eigenvalue weighted by molar-refractivity contribution is 0.110. The maximum Gasteiger partial charge on any atom is 0.127 e. The number of piperazine rings is 1. The topological polar surface area (TPSA) is 6.48 Å². The molecule has 2 nitrogen and oxygen atoms in total. The zero-order valence-electron chi connectivity index (χ0n) is 14.3. The second kappa shape index (κ2) is 6.51. The van der Waals surface area contributed by atoms with Crippen molar-refractivity contribution in [1.82, 2.24) is 9.80 Å². The lowest BCUT2D eigenvalue weighted by atomic mass is 9.95. The van der Waals surface area contributed by atoms with E-state index in [1.165, 1.54) is 16.0 Å². The Bertz CT molecular complexity index is 753. The normalized spacial score (nSPS) is 21.9. The van der Waals surface area contributed by atoms with Crippen LogP contribution in [-0.4, -0.2) is 43.0 Å². The molecule has 0 amide bonds. The van der Waals surface area contributed by atoms with Gasteiger partial charge in [-0.3, -0.25) is 4.90 Å². The Labute approximate surface area is 147 Å². The first-order valence-corrected chi connectivity index (χ1v) is 9.42. The Morgan fingerprint density at radius 2 is 1.79 bits per heavy atom. The molecule has 2 aromatic carbocycles. The molecule has 0 aromatic heterocycles. The van der Waals surface area contributed by atoms with Gasteiger partial charge in [0.05, 0.1) is 0 Å². The third kappa shape index (κ3) is 2.99. The number of benzene rings is 2. The van der Waals surface area contributed by atoms with Gasteiger partial charge in [-0.15, -0.1) is 0 Å². The lowest BCUT2D eigenvalue weighted by Gasteiger charge is -2.38. The summed E-state index contributed by atoms with van der Waals surface area (Å²) in [6, 6.07) is 12.7. The van der Waals surface area contributed by atoms with Crippen LogP contribution in [0, 0.1) is 12.7 Å². The average Bonchev–Trinajstić information content (AvgIpc) is 2.73. The van der Waals surface area contributed by atoms with E-state index in [1.54, 1.807) is 17.8 Å². The predicted octanol–water partition coefficient (Wildman–Crippen LogP) is 4.13. The van der Waals surface area contributed by atoms with E-state index in [0.717, 1.165) is 43.1 Å². The van der Waals surface area contributed by atoms with E-state index in [4.69, 9.17) is 0 Å². The van der Waals surface area contributed by atoms with E-state index in [9.17, 15) is 4.39 Å². The van der Waals surface area contributed by atoms with Gasteiger partial charge in [-0.1, -0.05) is 36.0 Å². The smallest absolute Gasteiger partial charge is 0.127 e. The molecule has 4 rings (SSSR count). The zero-order valence-corrected chi connectivity index (χ0v) is 15.1. The standard InChI is InChI=1S/C20H23FN2S/c1-14-11-16-18(23-9-7-22(2)8-10-23)12-15-5-3-4-6-19(15)24-20(16)13-17(14)21/h3-6,11,13,18H,7-10,12H2,1-2H3. The number of fused-ring (bicyclic) bond motifs is 2. The average molecular weight is 342 g/mol. The summed E-state index contributed by atoms with van der Waals surface area (Å²) in [5, 5.41) is 0. The summed E-state index contributed by atoms with van der Waals surface area (Å²) in [7, 11) is 2.18. The van der Waals surface area contributed by atoms with Gasteiger partial charge in [0, 0.05) is 42.0 Å². The van der Waals surface area contributed by atoms with Crippen LogP contribution in [0.5, 0.6) is 0 Å². The van der Waals surface area contributed by atoms with E-state index in [2.05, 4.69) is 47.2 Å². The highest BCUT2D eigenvalue weighted by atomic mass is 32.2. The zero-order chi connectivity index (χ0) is 16.7. The Kier molecular flexibility index (Phi) is 4.37. The lowest BCUT2D eigenvalue weighted by Crippen LogP contribution is -2.46. The van der Waals surface area contributed by atoms with Gasteiger partial charge < -0.3 is 4.90 Å². The number of hydrogen-bond donors (Lipinski definition) is 0. The van der Waals surface area contributed by atoms with Crippen molar-refractivity contribution in [2.75, 3.05) is 33.2 Å². The molecule has 0 radical (unpaired) electrons. The molecule has 1 fully saturated rings. The number of aryl methyl sites for hydroxylation is 1. The Morgan fingerprint density at radius 3 is 2.58 bits per heavy atom. The first-order valence-electron chi connectivity index (χ1n) is 8.60. The van der Waals surface area contributed by atoms with Gasteiger partial charge in [0.15, 0.2) is 0 Å². The van der Waals surface area contributed by atoms with Crippen molar-refractivity contribution in [1.29, 1.82) is 0 Å². The Hall–Kier alpha value is -1.36. The highest BCUT2D eigenvalue weighted by Gasteiger charge is 2.29. The number of halogens is 1. The van der Waals surface area contributed by atoms with Crippen LogP contribution in [0.25, 0.3) is 0 Å². The molecule has 4 heteroatoms. The molecular formula is C20H23FN2S. The van der Waals surface area contributed by atoms with Crippen LogP contribution in [0.3, 0.4) is 0 Å². The van der Waals surface area contributed by atoms with E-state index < -0.39 is 0 Å². The van der Waals surface area contributed by atoms with Gasteiger partial charge in [-0.05, 0) is 49.2 Å². The summed E-state index contributed by atoms with van der Waals surface area (Å²) >= 11 is 1.72. The summed E-state index contributed by atoms with van der Waals surface area (Å²) in [6.45, 7) is 6.22. The minimum Gasteiger partial charge on any atom is -0.304 e. The van der Waals surface area contributed by atoms with Crippen LogP contribution in [0.15, 0.2) is 46.2 Å². The third-order valence-corrected chi connectivity index (χ3v) is 6.43.